The van der Waals surface area contributed by atoms with Crippen LogP contribution in [0.4, 0.5) is 17.6 Å². The van der Waals surface area contributed by atoms with E-state index in [0.717, 1.165) is 18.2 Å². The van der Waals surface area contributed by atoms with Crippen molar-refractivity contribution in [3.8, 4) is 0 Å². The SMILES string of the molecule is NC1CC(C(F)(F)F)S(=O)(=O)c2ccc(F)cc21. The fourth-order valence-electron chi connectivity index (χ4n) is 2.02. The number of fused-ring (bicyclic) bond motifs is 1. The van der Waals surface area contributed by atoms with Crippen molar-refractivity contribution in [2.75, 3.05) is 0 Å². The Balaban J connectivity index is 2.65. The van der Waals surface area contributed by atoms with Crippen LogP contribution in [-0.4, -0.2) is 19.8 Å². The number of hydrogen-bond donors (Lipinski definition) is 1. The smallest absolute Gasteiger partial charge is 0.324 e. The van der Waals surface area contributed by atoms with Crippen molar-refractivity contribution < 1.29 is 26.0 Å². The predicted octanol–water partition coefficient (Wildman–Crippen LogP) is 1.93. The average molecular weight is 283 g/mol. The van der Waals surface area contributed by atoms with Gasteiger partial charge in [0, 0.05) is 6.04 Å². The highest BCUT2D eigenvalue weighted by Gasteiger charge is 2.53. The van der Waals surface area contributed by atoms with Crippen molar-refractivity contribution in [2.24, 2.45) is 5.73 Å². The highest BCUT2D eigenvalue weighted by atomic mass is 32.2. The van der Waals surface area contributed by atoms with E-state index < -0.39 is 44.4 Å². The Morgan fingerprint density at radius 1 is 1.28 bits per heavy atom. The molecule has 18 heavy (non-hydrogen) atoms. The maximum Gasteiger partial charge on any atom is 0.405 e. The highest BCUT2D eigenvalue weighted by molar-refractivity contribution is 7.92. The zero-order chi connectivity index (χ0) is 13.7. The third-order valence-electron chi connectivity index (χ3n) is 2.89. The molecule has 0 bridgehead atoms. The molecule has 0 spiro atoms. The van der Waals surface area contributed by atoms with Crippen molar-refractivity contribution in [1.82, 2.24) is 0 Å². The Morgan fingerprint density at radius 3 is 2.44 bits per heavy atom. The first-order valence-electron chi connectivity index (χ1n) is 4.99. The van der Waals surface area contributed by atoms with E-state index in [2.05, 4.69) is 0 Å². The first-order valence-corrected chi connectivity index (χ1v) is 6.54. The van der Waals surface area contributed by atoms with Crippen LogP contribution in [0, 0.1) is 5.82 Å². The van der Waals surface area contributed by atoms with E-state index >= 15 is 0 Å². The van der Waals surface area contributed by atoms with E-state index in [1.165, 1.54) is 0 Å². The fraction of sp³-hybridized carbons (Fsp3) is 0.400. The van der Waals surface area contributed by atoms with Crippen molar-refractivity contribution in [2.45, 2.75) is 28.8 Å². The molecular weight excluding hydrogens is 274 g/mol. The Bertz CT molecular complexity index is 582. The molecule has 2 N–H and O–H groups in total. The second-order valence-corrected chi connectivity index (χ2v) is 6.20. The normalized spacial score (nSPS) is 26.7. The lowest BCUT2D eigenvalue weighted by Gasteiger charge is -2.30. The maximum absolute atomic E-state index is 13.0. The van der Waals surface area contributed by atoms with Gasteiger partial charge in [-0.15, -0.1) is 0 Å². The van der Waals surface area contributed by atoms with E-state index in [1.54, 1.807) is 0 Å². The minimum atomic E-state index is -4.89. The van der Waals surface area contributed by atoms with Gasteiger partial charge in [0.25, 0.3) is 0 Å². The van der Waals surface area contributed by atoms with Crippen LogP contribution >= 0.6 is 0 Å². The van der Waals surface area contributed by atoms with Gasteiger partial charge in [0.05, 0.1) is 4.90 Å². The van der Waals surface area contributed by atoms with Gasteiger partial charge in [-0.05, 0) is 30.2 Å². The second kappa shape index (κ2) is 3.92. The second-order valence-electron chi connectivity index (χ2n) is 4.10. The van der Waals surface area contributed by atoms with Crippen LogP contribution in [0.15, 0.2) is 23.1 Å². The van der Waals surface area contributed by atoms with Crippen molar-refractivity contribution >= 4 is 9.84 Å². The highest BCUT2D eigenvalue weighted by Crippen LogP contribution is 2.42. The molecule has 1 aliphatic heterocycles. The molecule has 0 saturated heterocycles. The first kappa shape index (κ1) is 13.3. The standard InChI is InChI=1S/C10H9F4NO2S/c11-5-1-2-8-6(3-5)7(15)4-9(10(12,13)14)18(8,16)17/h1-3,7,9H,4,15H2. The molecule has 2 rings (SSSR count). The number of sulfone groups is 1. The Hall–Kier alpha value is -1.15. The molecule has 0 saturated carbocycles. The molecule has 0 aliphatic carbocycles. The lowest BCUT2D eigenvalue weighted by Crippen LogP contribution is -2.43. The zero-order valence-electron chi connectivity index (χ0n) is 8.91. The molecule has 100 valence electrons. The number of alkyl halides is 3. The van der Waals surface area contributed by atoms with Crippen LogP contribution in [0.25, 0.3) is 0 Å². The maximum atomic E-state index is 13.0. The summed E-state index contributed by atoms with van der Waals surface area (Å²) in [5.74, 6) is -0.732. The number of benzene rings is 1. The van der Waals surface area contributed by atoms with Gasteiger partial charge in [-0.1, -0.05) is 0 Å². The summed E-state index contributed by atoms with van der Waals surface area (Å²) < 4.78 is 74.6. The molecule has 0 amide bonds. The lowest BCUT2D eigenvalue weighted by atomic mass is 10.0. The molecule has 1 aromatic rings. The van der Waals surface area contributed by atoms with E-state index in [1.807, 2.05) is 0 Å². The third-order valence-corrected chi connectivity index (χ3v) is 5.08. The molecular formula is C10H9F4NO2S. The largest absolute Gasteiger partial charge is 0.405 e. The molecule has 1 heterocycles. The third kappa shape index (κ3) is 1.99. The van der Waals surface area contributed by atoms with Crippen LogP contribution in [0.2, 0.25) is 0 Å². The molecule has 1 aliphatic rings. The molecule has 3 nitrogen and oxygen atoms in total. The summed E-state index contributed by atoms with van der Waals surface area (Å²) in [5.41, 5.74) is 5.39. The summed E-state index contributed by atoms with van der Waals surface area (Å²) in [6.45, 7) is 0. The number of nitrogens with two attached hydrogens (primary N) is 1. The van der Waals surface area contributed by atoms with Crippen LogP contribution in [0.3, 0.4) is 0 Å². The Morgan fingerprint density at radius 2 is 1.89 bits per heavy atom. The van der Waals surface area contributed by atoms with Crippen LogP contribution in [-0.2, 0) is 9.84 Å². The summed E-state index contributed by atoms with van der Waals surface area (Å²) in [6.07, 6.45) is -5.68. The summed E-state index contributed by atoms with van der Waals surface area (Å²) in [6, 6.07) is 1.36. The van der Waals surface area contributed by atoms with E-state index in [9.17, 15) is 26.0 Å². The van der Waals surface area contributed by atoms with Gasteiger partial charge in [-0.3, -0.25) is 0 Å². The van der Waals surface area contributed by atoms with E-state index in [4.69, 9.17) is 5.73 Å². The van der Waals surface area contributed by atoms with Gasteiger partial charge in [-0.2, -0.15) is 13.2 Å². The van der Waals surface area contributed by atoms with Gasteiger partial charge in [0.2, 0.25) is 0 Å². The molecule has 0 radical (unpaired) electrons. The molecule has 8 heteroatoms. The van der Waals surface area contributed by atoms with Gasteiger partial charge in [0.1, 0.15) is 5.82 Å². The quantitative estimate of drug-likeness (QED) is 0.584. The number of hydrogen-bond acceptors (Lipinski definition) is 3. The van der Waals surface area contributed by atoms with Gasteiger partial charge < -0.3 is 5.73 Å². The monoisotopic (exact) mass is 283 g/mol. The Labute approximate surface area is 101 Å². The average Bonchev–Trinajstić information content (AvgIpc) is 2.21. The molecule has 1 aromatic carbocycles. The summed E-state index contributed by atoms with van der Waals surface area (Å²) >= 11 is 0. The van der Waals surface area contributed by atoms with Crippen LogP contribution < -0.4 is 5.73 Å². The number of halogens is 4. The van der Waals surface area contributed by atoms with Crippen molar-refractivity contribution in [1.29, 1.82) is 0 Å². The van der Waals surface area contributed by atoms with Crippen LogP contribution in [0.5, 0.6) is 0 Å². The molecule has 2 atom stereocenters. The van der Waals surface area contributed by atoms with Gasteiger partial charge >= 0.3 is 6.18 Å². The molecule has 0 aromatic heterocycles. The first-order chi connectivity index (χ1) is 8.14. The van der Waals surface area contributed by atoms with Gasteiger partial charge in [0.15, 0.2) is 15.1 Å². The van der Waals surface area contributed by atoms with Crippen LogP contribution in [0.1, 0.15) is 18.0 Å². The minimum Gasteiger partial charge on any atom is -0.324 e. The number of rotatable bonds is 0. The van der Waals surface area contributed by atoms with E-state index in [0.29, 0.717) is 0 Å². The van der Waals surface area contributed by atoms with Crippen molar-refractivity contribution in [3.05, 3.63) is 29.6 Å². The fourth-order valence-corrected chi connectivity index (χ4v) is 3.93. The zero-order valence-corrected chi connectivity index (χ0v) is 9.72. The van der Waals surface area contributed by atoms with Gasteiger partial charge in [-0.25, -0.2) is 12.8 Å². The Kier molecular flexibility index (Phi) is 2.90. The minimum absolute atomic E-state index is 0.101. The van der Waals surface area contributed by atoms with E-state index in [-0.39, 0.29) is 5.56 Å². The summed E-state index contributed by atoms with van der Waals surface area (Å²) in [7, 11) is -4.56. The summed E-state index contributed by atoms with van der Waals surface area (Å²) in [5, 5.41) is -2.53. The molecule has 0 fully saturated rings. The lowest BCUT2D eigenvalue weighted by molar-refractivity contribution is -0.132. The van der Waals surface area contributed by atoms with Crippen molar-refractivity contribution in [3.63, 3.8) is 0 Å². The summed E-state index contributed by atoms with van der Waals surface area (Å²) in [4.78, 5) is -0.537. The molecule has 2 unspecified atom stereocenters. The predicted molar refractivity (Wildman–Crippen MR) is 55.0 cm³/mol. The topological polar surface area (TPSA) is 60.2 Å².